The minimum Gasteiger partial charge on any atom is -0.478 e. The van der Waals surface area contributed by atoms with Gasteiger partial charge < -0.3 is 15.8 Å². The van der Waals surface area contributed by atoms with Crippen molar-refractivity contribution in [2.24, 2.45) is 0 Å². The van der Waals surface area contributed by atoms with Crippen LogP contribution < -0.4 is 15.8 Å². The molecule has 2 aromatic carbocycles. The van der Waals surface area contributed by atoms with Gasteiger partial charge in [-0.2, -0.15) is 0 Å². The van der Waals surface area contributed by atoms with Gasteiger partial charge in [0.05, 0.1) is 5.69 Å². The van der Waals surface area contributed by atoms with Crippen LogP contribution in [0.2, 0.25) is 0 Å². The second-order valence-electron chi connectivity index (χ2n) is 5.91. The zero-order valence-corrected chi connectivity index (χ0v) is 12.8. The van der Waals surface area contributed by atoms with Gasteiger partial charge in [0.1, 0.15) is 5.75 Å². The van der Waals surface area contributed by atoms with Crippen molar-refractivity contribution in [3.8, 4) is 5.75 Å². The maximum absolute atomic E-state index is 12.3. The van der Waals surface area contributed by atoms with Crippen LogP contribution in [0.5, 0.6) is 5.75 Å². The maximum Gasteiger partial charge on any atom is 0.265 e. The van der Waals surface area contributed by atoms with Gasteiger partial charge >= 0.3 is 0 Å². The lowest BCUT2D eigenvalue weighted by Gasteiger charge is -2.27. The van der Waals surface area contributed by atoms with Crippen LogP contribution in [-0.2, 0) is 11.2 Å². The molecule has 0 radical (unpaired) electrons. The Balaban J connectivity index is 1.85. The largest absolute Gasteiger partial charge is 0.478 e. The van der Waals surface area contributed by atoms with Gasteiger partial charge in [-0.25, -0.2) is 0 Å². The molecule has 0 bridgehead atoms. The van der Waals surface area contributed by atoms with Crippen molar-refractivity contribution in [2.45, 2.75) is 32.3 Å². The fraction of sp³-hybridized carbons (Fsp3) is 0.278. The van der Waals surface area contributed by atoms with Crippen LogP contribution >= 0.6 is 0 Å². The van der Waals surface area contributed by atoms with Crippen LogP contribution in [0.1, 0.15) is 30.9 Å². The molecule has 1 heterocycles. The number of ether oxygens (including phenoxy) is 1. The first kappa shape index (κ1) is 14.4. The van der Waals surface area contributed by atoms with E-state index >= 15 is 0 Å². The Morgan fingerprint density at radius 3 is 2.77 bits per heavy atom. The molecule has 3 rings (SSSR count). The molecule has 1 amide bonds. The first-order valence-corrected chi connectivity index (χ1v) is 7.49. The molecule has 4 nitrogen and oxygen atoms in total. The average molecular weight is 296 g/mol. The zero-order valence-electron chi connectivity index (χ0n) is 12.8. The number of nitrogens with one attached hydrogen (secondary N) is 1. The molecule has 3 N–H and O–H groups in total. The van der Waals surface area contributed by atoms with Gasteiger partial charge in [0.2, 0.25) is 0 Å². The Morgan fingerprint density at radius 1 is 1.23 bits per heavy atom. The Morgan fingerprint density at radius 2 is 2.00 bits per heavy atom. The lowest BCUT2D eigenvalue weighted by Crippen LogP contribution is -2.38. The third-order valence-corrected chi connectivity index (χ3v) is 3.91. The molecule has 1 aliphatic heterocycles. The summed E-state index contributed by atoms with van der Waals surface area (Å²) < 4.78 is 5.87. The third kappa shape index (κ3) is 2.77. The van der Waals surface area contributed by atoms with E-state index in [9.17, 15) is 4.79 Å². The summed E-state index contributed by atoms with van der Waals surface area (Å²) in [5.41, 5.74) is 9.37. The minimum atomic E-state index is -0.518. The predicted molar refractivity (Wildman–Crippen MR) is 88.1 cm³/mol. The topological polar surface area (TPSA) is 64.3 Å². The maximum atomic E-state index is 12.3. The van der Waals surface area contributed by atoms with E-state index in [1.165, 1.54) is 5.56 Å². The molecule has 1 aliphatic rings. The highest BCUT2D eigenvalue weighted by Gasteiger charge is 2.28. The molecule has 0 aliphatic carbocycles. The highest BCUT2D eigenvalue weighted by atomic mass is 16.5. The number of carbonyl (C=O) groups is 1. The lowest BCUT2D eigenvalue weighted by molar-refractivity contribution is -0.123. The number of anilines is 2. The van der Waals surface area contributed by atoms with E-state index in [0.29, 0.717) is 29.5 Å². The smallest absolute Gasteiger partial charge is 0.265 e. The van der Waals surface area contributed by atoms with Crippen molar-refractivity contribution in [1.29, 1.82) is 0 Å². The van der Waals surface area contributed by atoms with Gasteiger partial charge in [-0.1, -0.05) is 38.1 Å². The molecular formula is C18H20N2O2. The highest BCUT2D eigenvalue weighted by Crippen LogP contribution is 2.32. The predicted octanol–water partition coefficient (Wildman–Crippen LogP) is 3.33. The minimum absolute atomic E-state index is 0.128. The molecule has 0 aromatic heterocycles. The first-order chi connectivity index (χ1) is 10.5. The number of benzene rings is 2. The van der Waals surface area contributed by atoms with Gasteiger partial charge in [-0.15, -0.1) is 0 Å². The number of hydrogen-bond donors (Lipinski definition) is 2. The summed E-state index contributed by atoms with van der Waals surface area (Å²) in [6.07, 6.45) is 0.0420. The molecule has 114 valence electrons. The van der Waals surface area contributed by atoms with Crippen molar-refractivity contribution < 1.29 is 9.53 Å². The average Bonchev–Trinajstić information content (AvgIpc) is 2.48. The Labute approximate surface area is 130 Å². The standard InChI is InChI=1S/C18H20N2O2/c1-11(2)14-6-4-3-5-12(14)9-17-18(21)20-15-10-13(19)7-8-16(15)22-17/h3-8,10-11,17H,9,19H2,1-2H3,(H,20,21). The summed E-state index contributed by atoms with van der Waals surface area (Å²) in [4.78, 5) is 12.3. The van der Waals surface area contributed by atoms with Crippen LogP contribution in [0.15, 0.2) is 42.5 Å². The van der Waals surface area contributed by atoms with Gasteiger partial charge in [0, 0.05) is 12.1 Å². The summed E-state index contributed by atoms with van der Waals surface area (Å²) in [6, 6.07) is 13.5. The fourth-order valence-corrected chi connectivity index (χ4v) is 2.79. The molecular weight excluding hydrogens is 276 g/mol. The number of rotatable bonds is 3. The lowest BCUT2D eigenvalue weighted by atomic mass is 9.93. The molecule has 1 unspecified atom stereocenters. The third-order valence-electron chi connectivity index (χ3n) is 3.91. The normalized spacial score (nSPS) is 16.9. The quantitative estimate of drug-likeness (QED) is 0.854. The van der Waals surface area contributed by atoms with Crippen molar-refractivity contribution in [2.75, 3.05) is 11.1 Å². The van der Waals surface area contributed by atoms with Crippen LogP contribution in [0, 0.1) is 0 Å². The second-order valence-corrected chi connectivity index (χ2v) is 5.91. The van der Waals surface area contributed by atoms with E-state index in [0.717, 1.165) is 5.56 Å². The first-order valence-electron chi connectivity index (χ1n) is 7.49. The molecule has 22 heavy (non-hydrogen) atoms. The van der Waals surface area contributed by atoms with E-state index in [1.807, 2.05) is 12.1 Å². The number of fused-ring (bicyclic) bond motifs is 1. The van der Waals surface area contributed by atoms with E-state index in [1.54, 1.807) is 18.2 Å². The summed E-state index contributed by atoms with van der Waals surface area (Å²) in [5.74, 6) is 0.951. The van der Waals surface area contributed by atoms with Crippen molar-refractivity contribution >= 4 is 17.3 Å². The van der Waals surface area contributed by atoms with Crippen LogP contribution in [0.3, 0.4) is 0 Å². The second kappa shape index (κ2) is 5.72. The van der Waals surface area contributed by atoms with E-state index in [4.69, 9.17) is 10.5 Å². The number of nitrogen functional groups attached to an aromatic ring is 1. The number of nitrogens with two attached hydrogens (primary N) is 1. The van der Waals surface area contributed by atoms with Gasteiger partial charge in [0.15, 0.2) is 6.10 Å². The molecule has 0 fully saturated rings. The van der Waals surface area contributed by atoms with E-state index < -0.39 is 6.10 Å². The van der Waals surface area contributed by atoms with Crippen molar-refractivity contribution in [3.05, 3.63) is 53.6 Å². The Hall–Kier alpha value is -2.49. The van der Waals surface area contributed by atoms with Crippen LogP contribution in [0.4, 0.5) is 11.4 Å². The van der Waals surface area contributed by atoms with Crippen molar-refractivity contribution in [1.82, 2.24) is 0 Å². The monoisotopic (exact) mass is 296 g/mol. The SMILES string of the molecule is CC(C)c1ccccc1CC1Oc2ccc(N)cc2NC1=O. The molecule has 1 atom stereocenters. The van der Waals surface area contributed by atoms with Gasteiger partial charge in [-0.05, 0) is 35.2 Å². The number of amides is 1. The summed E-state index contributed by atoms with van der Waals surface area (Å²) in [7, 11) is 0. The molecule has 2 aromatic rings. The molecule has 0 saturated heterocycles. The number of hydrogen-bond acceptors (Lipinski definition) is 3. The van der Waals surface area contributed by atoms with Gasteiger partial charge in [-0.3, -0.25) is 4.79 Å². The van der Waals surface area contributed by atoms with Crippen LogP contribution in [0.25, 0.3) is 0 Å². The Bertz CT molecular complexity index is 710. The van der Waals surface area contributed by atoms with E-state index in [2.05, 4.69) is 31.3 Å². The number of carbonyl (C=O) groups excluding carboxylic acids is 1. The fourth-order valence-electron chi connectivity index (χ4n) is 2.79. The Kier molecular flexibility index (Phi) is 3.75. The zero-order chi connectivity index (χ0) is 15.7. The van der Waals surface area contributed by atoms with Gasteiger partial charge in [0.25, 0.3) is 5.91 Å². The summed E-state index contributed by atoms with van der Waals surface area (Å²) >= 11 is 0. The molecule has 0 saturated carbocycles. The van der Waals surface area contributed by atoms with E-state index in [-0.39, 0.29) is 5.91 Å². The van der Waals surface area contributed by atoms with Crippen molar-refractivity contribution in [3.63, 3.8) is 0 Å². The summed E-state index contributed by atoms with van der Waals surface area (Å²) in [6.45, 7) is 4.30. The highest BCUT2D eigenvalue weighted by molar-refractivity contribution is 5.98. The van der Waals surface area contributed by atoms with Crippen LogP contribution in [-0.4, -0.2) is 12.0 Å². The summed E-state index contributed by atoms with van der Waals surface area (Å²) in [5, 5.41) is 2.88. The molecule has 0 spiro atoms. The molecule has 4 heteroatoms.